The summed E-state index contributed by atoms with van der Waals surface area (Å²) in [6.07, 6.45) is 2.79. The average Bonchev–Trinajstić information content (AvgIpc) is 2.73. The normalized spacial score (nSPS) is 15.4. The summed E-state index contributed by atoms with van der Waals surface area (Å²) < 4.78 is 0. The molecule has 0 bridgehead atoms. The molecule has 0 saturated carbocycles. The Kier molecular flexibility index (Phi) is 8.26. The third kappa shape index (κ3) is 4.28. The lowest BCUT2D eigenvalue weighted by molar-refractivity contribution is -0.129. The number of nitrogens with zero attached hydrogens (tertiary/aromatic N) is 3. The summed E-state index contributed by atoms with van der Waals surface area (Å²) in [5.41, 5.74) is 5.37. The first-order valence-electron chi connectivity index (χ1n) is 5.43. The summed E-state index contributed by atoms with van der Waals surface area (Å²) in [5, 5.41) is 3.02. The Bertz CT molecular complexity index is 350. The highest BCUT2D eigenvalue weighted by Gasteiger charge is 2.18. The fourth-order valence-corrected chi connectivity index (χ4v) is 2.56. The lowest BCUT2D eigenvalue weighted by Crippen LogP contribution is -2.38. The number of hydrogen-bond acceptors (Lipinski definition) is 5. The largest absolute Gasteiger partial charge is 0.346 e. The number of carbonyl (C=O) groups excluding carboxylic acids is 1. The topological polar surface area (TPSA) is 62.5 Å². The number of nitrogens with two attached hydrogens (primary N) is 1. The zero-order chi connectivity index (χ0) is 11.4. The molecule has 5 nitrogen and oxygen atoms in total. The second kappa shape index (κ2) is 8.53. The van der Waals surface area contributed by atoms with Crippen molar-refractivity contribution in [3.8, 4) is 0 Å². The minimum atomic E-state index is 0. The van der Waals surface area contributed by atoms with Crippen molar-refractivity contribution < 1.29 is 4.79 Å². The molecule has 0 atom stereocenters. The molecule has 2 heterocycles. The van der Waals surface area contributed by atoms with Gasteiger partial charge in [0, 0.05) is 37.8 Å². The molecule has 1 aliphatic heterocycles. The maximum absolute atomic E-state index is 11.5. The first-order chi connectivity index (χ1) is 7.81. The maximum atomic E-state index is 11.5. The van der Waals surface area contributed by atoms with Crippen LogP contribution in [0.5, 0.6) is 0 Å². The van der Waals surface area contributed by atoms with Gasteiger partial charge in [-0.3, -0.25) is 4.79 Å². The van der Waals surface area contributed by atoms with E-state index in [2.05, 4.69) is 9.88 Å². The molecule has 1 aliphatic rings. The van der Waals surface area contributed by atoms with Gasteiger partial charge in [-0.05, 0) is 6.42 Å². The van der Waals surface area contributed by atoms with Crippen LogP contribution in [0, 0.1) is 0 Å². The fourth-order valence-electron chi connectivity index (χ4n) is 1.86. The smallest absolute Gasteiger partial charge is 0.236 e. The van der Waals surface area contributed by atoms with Crippen LogP contribution < -0.4 is 10.6 Å². The first kappa shape index (κ1) is 17.4. The van der Waals surface area contributed by atoms with Crippen molar-refractivity contribution in [3.63, 3.8) is 0 Å². The molecule has 104 valence electrons. The number of halogens is 2. The second-order valence-electron chi connectivity index (χ2n) is 3.74. The molecule has 1 aromatic rings. The molecule has 1 amide bonds. The van der Waals surface area contributed by atoms with Crippen LogP contribution in [0.25, 0.3) is 0 Å². The van der Waals surface area contributed by atoms with Crippen molar-refractivity contribution in [1.29, 1.82) is 0 Å². The molecule has 0 radical (unpaired) electrons. The minimum absolute atomic E-state index is 0. The molecule has 0 spiro atoms. The number of hydrogen-bond donors (Lipinski definition) is 1. The quantitative estimate of drug-likeness (QED) is 0.884. The number of rotatable bonds is 2. The van der Waals surface area contributed by atoms with E-state index in [0.717, 1.165) is 37.7 Å². The summed E-state index contributed by atoms with van der Waals surface area (Å²) in [5.74, 6) is 0.0426. The summed E-state index contributed by atoms with van der Waals surface area (Å²) >= 11 is 1.64. The van der Waals surface area contributed by atoms with E-state index in [9.17, 15) is 4.79 Å². The summed E-state index contributed by atoms with van der Waals surface area (Å²) in [6.45, 7) is 3.46. The standard InChI is InChI=1S/C10H16N4OS.2ClH/c11-8-9(15)13-3-1-4-14(6-5-13)10-12-2-7-16-10;;/h2,7H,1,3-6,8,11H2;2*1H. The van der Waals surface area contributed by atoms with Gasteiger partial charge < -0.3 is 15.5 Å². The Hall–Kier alpha value is -0.560. The molecule has 1 aromatic heterocycles. The SMILES string of the molecule is Cl.Cl.NCC(=O)N1CCCN(c2nccs2)CC1. The number of anilines is 1. The van der Waals surface area contributed by atoms with Gasteiger partial charge in [-0.25, -0.2) is 4.98 Å². The number of amides is 1. The second-order valence-corrected chi connectivity index (χ2v) is 4.61. The van der Waals surface area contributed by atoms with Crippen LogP contribution in [0.2, 0.25) is 0 Å². The zero-order valence-corrected chi connectivity index (χ0v) is 12.4. The molecule has 2 rings (SSSR count). The lowest BCUT2D eigenvalue weighted by Gasteiger charge is -2.21. The van der Waals surface area contributed by atoms with Crippen molar-refractivity contribution in [2.24, 2.45) is 5.73 Å². The van der Waals surface area contributed by atoms with Gasteiger partial charge >= 0.3 is 0 Å². The van der Waals surface area contributed by atoms with Gasteiger partial charge in [0.1, 0.15) is 0 Å². The average molecular weight is 313 g/mol. The van der Waals surface area contributed by atoms with Crippen molar-refractivity contribution >= 4 is 47.2 Å². The molecule has 1 saturated heterocycles. The van der Waals surface area contributed by atoms with Crippen molar-refractivity contribution in [1.82, 2.24) is 9.88 Å². The monoisotopic (exact) mass is 312 g/mol. The Balaban J connectivity index is 0.00000144. The van der Waals surface area contributed by atoms with Crippen LogP contribution in [0.4, 0.5) is 5.13 Å². The van der Waals surface area contributed by atoms with Gasteiger partial charge in [-0.15, -0.1) is 36.2 Å². The van der Waals surface area contributed by atoms with Crippen molar-refractivity contribution in [3.05, 3.63) is 11.6 Å². The van der Waals surface area contributed by atoms with E-state index in [-0.39, 0.29) is 37.3 Å². The first-order valence-corrected chi connectivity index (χ1v) is 6.31. The van der Waals surface area contributed by atoms with Crippen LogP contribution >= 0.6 is 36.2 Å². The third-order valence-corrected chi connectivity index (χ3v) is 3.55. The predicted molar refractivity (Wildman–Crippen MR) is 79.1 cm³/mol. The molecule has 1 fully saturated rings. The number of aromatic nitrogens is 1. The zero-order valence-electron chi connectivity index (χ0n) is 9.95. The highest BCUT2D eigenvalue weighted by Crippen LogP contribution is 2.18. The molecular weight excluding hydrogens is 295 g/mol. The van der Waals surface area contributed by atoms with E-state index in [1.165, 1.54) is 0 Å². The predicted octanol–water partition coefficient (Wildman–Crippen LogP) is 0.984. The van der Waals surface area contributed by atoms with Crippen LogP contribution in [-0.4, -0.2) is 48.5 Å². The number of carbonyl (C=O) groups is 1. The van der Waals surface area contributed by atoms with Crippen molar-refractivity contribution in [2.45, 2.75) is 6.42 Å². The van der Waals surface area contributed by atoms with Gasteiger partial charge in [-0.2, -0.15) is 0 Å². The highest BCUT2D eigenvalue weighted by atomic mass is 35.5. The van der Waals surface area contributed by atoms with E-state index in [0.29, 0.717) is 0 Å². The van der Waals surface area contributed by atoms with Gasteiger partial charge in [0.25, 0.3) is 0 Å². The lowest BCUT2D eigenvalue weighted by atomic mass is 10.4. The molecule has 0 aliphatic carbocycles. The summed E-state index contributed by atoms with van der Waals surface area (Å²) in [4.78, 5) is 19.8. The third-order valence-electron chi connectivity index (χ3n) is 2.71. The van der Waals surface area contributed by atoms with Crippen LogP contribution in [0.3, 0.4) is 0 Å². The molecule has 8 heteroatoms. The minimum Gasteiger partial charge on any atom is -0.346 e. The van der Waals surface area contributed by atoms with Gasteiger partial charge in [0.05, 0.1) is 6.54 Å². The van der Waals surface area contributed by atoms with E-state index in [4.69, 9.17) is 5.73 Å². The Morgan fingerprint density at radius 2 is 2.11 bits per heavy atom. The van der Waals surface area contributed by atoms with Crippen molar-refractivity contribution in [2.75, 3.05) is 37.6 Å². The molecule has 0 aromatic carbocycles. The van der Waals surface area contributed by atoms with Crippen LogP contribution in [0.15, 0.2) is 11.6 Å². The van der Waals surface area contributed by atoms with Gasteiger partial charge in [0.2, 0.25) is 5.91 Å². The van der Waals surface area contributed by atoms with Crippen LogP contribution in [-0.2, 0) is 4.79 Å². The van der Waals surface area contributed by atoms with Gasteiger partial charge in [-0.1, -0.05) is 0 Å². The van der Waals surface area contributed by atoms with E-state index >= 15 is 0 Å². The van der Waals surface area contributed by atoms with Crippen LogP contribution in [0.1, 0.15) is 6.42 Å². The van der Waals surface area contributed by atoms with E-state index in [1.807, 2.05) is 16.5 Å². The van der Waals surface area contributed by atoms with E-state index < -0.39 is 0 Å². The molecular formula is C10H18Cl2N4OS. The summed E-state index contributed by atoms with van der Waals surface area (Å²) in [7, 11) is 0. The summed E-state index contributed by atoms with van der Waals surface area (Å²) in [6, 6.07) is 0. The fraction of sp³-hybridized carbons (Fsp3) is 0.600. The number of thiazole rings is 1. The molecule has 2 N–H and O–H groups in total. The Morgan fingerprint density at radius 1 is 1.33 bits per heavy atom. The Morgan fingerprint density at radius 3 is 2.72 bits per heavy atom. The Labute approximate surface area is 123 Å². The van der Waals surface area contributed by atoms with Gasteiger partial charge in [0.15, 0.2) is 5.13 Å². The highest BCUT2D eigenvalue weighted by molar-refractivity contribution is 7.13. The molecule has 18 heavy (non-hydrogen) atoms. The molecule has 0 unspecified atom stereocenters. The maximum Gasteiger partial charge on any atom is 0.236 e. The van der Waals surface area contributed by atoms with E-state index in [1.54, 1.807) is 11.3 Å².